The number of nitrogens with one attached hydrogen (secondary N) is 1. The number of carbonyl (C=O) groups excluding carboxylic acids is 1. The van der Waals surface area contributed by atoms with E-state index in [0.29, 0.717) is 6.61 Å². The lowest BCUT2D eigenvalue weighted by Crippen LogP contribution is -2.26. The fourth-order valence-corrected chi connectivity index (χ4v) is 2.43. The summed E-state index contributed by atoms with van der Waals surface area (Å²) in [5.41, 5.74) is 0. The maximum atomic E-state index is 11.8. The maximum Gasteiger partial charge on any atom is 0.307 e. The summed E-state index contributed by atoms with van der Waals surface area (Å²) in [5.74, 6) is -0.385. The molecule has 0 saturated heterocycles. The van der Waals surface area contributed by atoms with Crippen molar-refractivity contribution in [2.24, 2.45) is 0 Å². The Morgan fingerprint density at radius 2 is 1.95 bits per heavy atom. The Kier molecular flexibility index (Phi) is 6.52. The molecule has 106 valence electrons. The Bertz CT molecular complexity index is 485. The van der Waals surface area contributed by atoms with Gasteiger partial charge in [0.2, 0.25) is 10.0 Å². The second kappa shape index (κ2) is 7.91. The highest BCUT2D eigenvalue weighted by Crippen LogP contribution is 2.06. The van der Waals surface area contributed by atoms with Crippen LogP contribution in [0.25, 0.3) is 0 Å². The zero-order valence-electron chi connectivity index (χ0n) is 11.0. The number of sulfonamides is 1. The highest BCUT2D eigenvalue weighted by molar-refractivity contribution is 7.89. The van der Waals surface area contributed by atoms with Gasteiger partial charge in [-0.1, -0.05) is 31.5 Å². The SMILES string of the molecule is CCCCOC(=O)CCNS(=O)(=O)c1ccccc1. The van der Waals surface area contributed by atoms with E-state index in [1.54, 1.807) is 18.2 Å². The van der Waals surface area contributed by atoms with Gasteiger partial charge in [0.25, 0.3) is 0 Å². The quantitative estimate of drug-likeness (QED) is 0.583. The molecule has 0 amide bonds. The minimum atomic E-state index is -3.54. The Balaban J connectivity index is 2.35. The average Bonchev–Trinajstić information content (AvgIpc) is 2.40. The highest BCUT2D eigenvalue weighted by Gasteiger charge is 2.13. The second-order valence-electron chi connectivity index (χ2n) is 4.03. The Morgan fingerprint density at radius 1 is 1.26 bits per heavy atom. The van der Waals surface area contributed by atoms with Gasteiger partial charge < -0.3 is 4.74 Å². The number of benzene rings is 1. The zero-order chi connectivity index (χ0) is 14.1. The molecule has 1 rings (SSSR count). The van der Waals surface area contributed by atoms with E-state index in [0.717, 1.165) is 12.8 Å². The van der Waals surface area contributed by atoms with Crippen LogP contribution in [0.2, 0.25) is 0 Å². The molecule has 0 unspecified atom stereocenters. The van der Waals surface area contributed by atoms with Crippen LogP contribution >= 0.6 is 0 Å². The first-order valence-corrected chi connectivity index (χ1v) is 7.75. The van der Waals surface area contributed by atoms with Gasteiger partial charge in [0, 0.05) is 6.54 Å². The first-order chi connectivity index (χ1) is 9.06. The van der Waals surface area contributed by atoms with Crippen LogP contribution in [-0.2, 0) is 19.6 Å². The van der Waals surface area contributed by atoms with E-state index in [1.165, 1.54) is 12.1 Å². The Hall–Kier alpha value is -1.40. The summed E-state index contributed by atoms with van der Waals surface area (Å²) in [7, 11) is -3.54. The molecule has 0 aliphatic carbocycles. The van der Waals surface area contributed by atoms with Crippen LogP contribution < -0.4 is 4.72 Å². The fraction of sp³-hybridized carbons (Fsp3) is 0.462. The molecule has 6 heteroatoms. The van der Waals surface area contributed by atoms with Gasteiger partial charge in [-0.05, 0) is 18.6 Å². The first-order valence-electron chi connectivity index (χ1n) is 6.26. The molecule has 0 aliphatic rings. The van der Waals surface area contributed by atoms with Gasteiger partial charge in [-0.15, -0.1) is 0 Å². The largest absolute Gasteiger partial charge is 0.466 e. The molecule has 19 heavy (non-hydrogen) atoms. The van der Waals surface area contributed by atoms with Crippen LogP contribution in [0.1, 0.15) is 26.2 Å². The van der Waals surface area contributed by atoms with E-state index in [-0.39, 0.29) is 23.8 Å². The van der Waals surface area contributed by atoms with Crippen molar-refractivity contribution in [3.8, 4) is 0 Å². The summed E-state index contributed by atoms with van der Waals surface area (Å²) < 4.78 is 30.9. The van der Waals surface area contributed by atoms with Crippen LogP contribution in [0.4, 0.5) is 0 Å². The van der Waals surface area contributed by atoms with Crippen molar-refractivity contribution in [3.05, 3.63) is 30.3 Å². The Morgan fingerprint density at radius 3 is 2.58 bits per heavy atom. The monoisotopic (exact) mass is 285 g/mol. The van der Waals surface area contributed by atoms with Gasteiger partial charge in [0.15, 0.2) is 0 Å². The van der Waals surface area contributed by atoms with Crippen molar-refractivity contribution in [3.63, 3.8) is 0 Å². The van der Waals surface area contributed by atoms with E-state index in [1.807, 2.05) is 6.92 Å². The molecule has 1 N–H and O–H groups in total. The molecular formula is C13H19NO4S. The molecule has 5 nitrogen and oxygen atoms in total. The topological polar surface area (TPSA) is 72.5 Å². The molecule has 0 atom stereocenters. The lowest BCUT2D eigenvalue weighted by Gasteiger charge is -2.06. The van der Waals surface area contributed by atoms with E-state index in [9.17, 15) is 13.2 Å². The Labute approximate surface area is 114 Å². The number of carbonyl (C=O) groups is 1. The second-order valence-corrected chi connectivity index (χ2v) is 5.80. The number of hydrogen-bond acceptors (Lipinski definition) is 4. The summed E-state index contributed by atoms with van der Waals surface area (Å²) in [4.78, 5) is 11.5. The fourth-order valence-electron chi connectivity index (χ4n) is 1.37. The summed E-state index contributed by atoms with van der Waals surface area (Å²) in [6.07, 6.45) is 1.81. The predicted octanol–water partition coefficient (Wildman–Crippen LogP) is 1.70. The van der Waals surface area contributed by atoms with E-state index < -0.39 is 10.0 Å². The molecule has 1 aromatic rings. The molecule has 0 aliphatic heterocycles. The van der Waals surface area contributed by atoms with Gasteiger partial charge in [0.1, 0.15) is 0 Å². The number of ether oxygens (including phenoxy) is 1. The van der Waals surface area contributed by atoms with Crippen molar-refractivity contribution in [2.45, 2.75) is 31.1 Å². The van der Waals surface area contributed by atoms with Crippen molar-refractivity contribution >= 4 is 16.0 Å². The van der Waals surface area contributed by atoms with E-state index >= 15 is 0 Å². The van der Waals surface area contributed by atoms with Gasteiger partial charge in [-0.25, -0.2) is 13.1 Å². The summed E-state index contributed by atoms with van der Waals surface area (Å²) >= 11 is 0. The third kappa shape index (κ3) is 5.85. The van der Waals surface area contributed by atoms with Crippen LogP contribution in [-0.4, -0.2) is 27.5 Å². The van der Waals surface area contributed by atoms with Crippen LogP contribution in [0.3, 0.4) is 0 Å². The molecule has 0 fully saturated rings. The molecule has 0 bridgehead atoms. The van der Waals surface area contributed by atoms with Crippen molar-refractivity contribution in [1.29, 1.82) is 0 Å². The maximum absolute atomic E-state index is 11.8. The van der Waals surface area contributed by atoms with Gasteiger partial charge in [-0.2, -0.15) is 0 Å². The highest BCUT2D eigenvalue weighted by atomic mass is 32.2. The van der Waals surface area contributed by atoms with Crippen molar-refractivity contribution < 1.29 is 17.9 Å². The summed E-state index contributed by atoms with van der Waals surface area (Å²) in [6.45, 7) is 2.44. The number of unbranched alkanes of at least 4 members (excludes halogenated alkanes) is 1. The van der Waals surface area contributed by atoms with E-state index in [2.05, 4.69) is 4.72 Å². The number of hydrogen-bond donors (Lipinski definition) is 1. The molecule has 0 saturated carbocycles. The zero-order valence-corrected chi connectivity index (χ0v) is 11.8. The number of rotatable bonds is 8. The third-order valence-electron chi connectivity index (χ3n) is 2.44. The minimum Gasteiger partial charge on any atom is -0.466 e. The lowest BCUT2D eigenvalue weighted by atomic mass is 10.3. The average molecular weight is 285 g/mol. The van der Waals surface area contributed by atoms with Crippen molar-refractivity contribution in [2.75, 3.05) is 13.2 Å². The molecule has 0 aromatic heterocycles. The van der Waals surface area contributed by atoms with Gasteiger partial charge in [0.05, 0.1) is 17.9 Å². The molecule has 0 spiro atoms. The van der Waals surface area contributed by atoms with Crippen LogP contribution in [0, 0.1) is 0 Å². The molecule has 0 heterocycles. The number of esters is 1. The van der Waals surface area contributed by atoms with Crippen LogP contribution in [0.15, 0.2) is 35.2 Å². The molecule has 1 aromatic carbocycles. The van der Waals surface area contributed by atoms with E-state index in [4.69, 9.17) is 4.74 Å². The summed E-state index contributed by atoms with van der Waals surface area (Å²) in [5, 5.41) is 0. The molecule has 0 radical (unpaired) electrons. The van der Waals surface area contributed by atoms with Gasteiger partial charge >= 0.3 is 5.97 Å². The third-order valence-corrected chi connectivity index (χ3v) is 3.91. The predicted molar refractivity (Wildman–Crippen MR) is 72.1 cm³/mol. The molecular weight excluding hydrogens is 266 g/mol. The minimum absolute atomic E-state index is 0.0375. The standard InChI is InChI=1S/C13H19NO4S/c1-2-3-11-18-13(15)9-10-14-19(16,17)12-7-5-4-6-8-12/h4-8,14H,2-3,9-11H2,1H3. The lowest BCUT2D eigenvalue weighted by molar-refractivity contribution is -0.143. The van der Waals surface area contributed by atoms with Crippen LogP contribution in [0.5, 0.6) is 0 Å². The van der Waals surface area contributed by atoms with Crippen molar-refractivity contribution in [1.82, 2.24) is 4.72 Å². The van der Waals surface area contributed by atoms with Gasteiger partial charge in [-0.3, -0.25) is 4.79 Å². The summed E-state index contributed by atoms with van der Waals surface area (Å²) in [6, 6.07) is 8.04. The normalized spacial score (nSPS) is 11.2. The first kappa shape index (κ1) is 15.7. The smallest absolute Gasteiger partial charge is 0.307 e.